The van der Waals surface area contributed by atoms with Crippen LogP contribution >= 0.6 is 0 Å². The standard InChI is InChI=1S/C11H22.2CHNO/c1-4-10-8-6-7-9-11(10,3)5-2;2*2-1-3/h10H,4-9H2,1-3H3;2*2H. The predicted molar refractivity (Wildman–Crippen MR) is 67.5 cm³/mol. The molecule has 0 aromatic carbocycles. The van der Waals surface area contributed by atoms with E-state index in [1.54, 1.807) is 0 Å². The fraction of sp³-hybridized carbons (Fsp3) is 0.846. The molecule has 17 heavy (non-hydrogen) atoms. The van der Waals surface area contributed by atoms with Crippen LogP contribution in [-0.4, -0.2) is 12.2 Å². The molecule has 1 saturated carbocycles. The highest BCUT2D eigenvalue weighted by Gasteiger charge is 2.33. The zero-order chi connectivity index (χ0) is 13.7. The van der Waals surface area contributed by atoms with Crippen molar-refractivity contribution in [2.45, 2.75) is 59.3 Å². The van der Waals surface area contributed by atoms with Gasteiger partial charge in [0.05, 0.1) is 0 Å². The maximum absolute atomic E-state index is 8.35. The lowest BCUT2D eigenvalue weighted by atomic mass is 9.65. The Hall–Kier alpha value is -1.24. The average molecular weight is 240 g/mol. The monoisotopic (exact) mass is 240 g/mol. The van der Waals surface area contributed by atoms with E-state index in [1.807, 2.05) is 0 Å². The van der Waals surface area contributed by atoms with Gasteiger partial charge in [0.1, 0.15) is 0 Å². The summed E-state index contributed by atoms with van der Waals surface area (Å²) >= 11 is 0. The molecule has 2 atom stereocenters. The van der Waals surface area contributed by atoms with Gasteiger partial charge in [-0.05, 0) is 24.2 Å². The average Bonchev–Trinajstić information content (AvgIpc) is 2.32. The normalized spacial score (nSPS) is 26.2. The molecule has 1 rings (SSSR count). The van der Waals surface area contributed by atoms with Crippen LogP contribution in [0.5, 0.6) is 0 Å². The molecule has 2 unspecified atom stereocenters. The van der Waals surface area contributed by atoms with E-state index in [1.165, 1.54) is 38.5 Å². The Morgan fingerprint density at radius 2 is 1.65 bits per heavy atom. The maximum Gasteiger partial charge on any atom is 0.231 e. The lowest BCUT2D eigenvalue weighted by Crippen LogP contribution is -2.29. The van der Waals surface area contributed by atoms with Crippen LogP contribution in [0.4, 0.5) is 0 Å². The minimum absolute atomic E-state index is 0.688. The van der Waals surface area contributed by atoms with Gasteiger partial charge in [-0.1, -0.05) is 46.5 Å². The van der Waals surface area contributed by atoms with E-state index < -0.39 is 0 Å². The Morgan fingerprint density at radius 1 is 1.18 bits per heavy atom. The van der Waals surface area contributed by atoms with E-state index >= 15 is 0 Å². The molecule has 0 heterocycles. The van der Waals surface area contributed by atoms with Gasteiger partial charge in [0.2, 0.25) is 12.2 Å². The highest BCUT2D eigenvalue weighted by Crippen LogP contribution is 2.44. The van der Waals surface area contributed by atoms with Gasteiger partial charge in [-0.15, -0.1) is 0 Å². The Kier molecular flexibility index (Phi) is 12.0. The summed E-state index contributed by atoms with van der Waals surface area (Å²) in [6.45, 7) is 7.19. The van der Waals surface area contributed by atoms with Crippen molar-refractivity contribution in [1.82, 2.24) is 0 Å². The molecular formula is C13H24N2O2. The van der Waals surface area contributed by atoms with Crippen LogP contribution < -0.4 is 0 Å². The van der Waals surface area contributed by atoms with E-state index in [-0.39, 0.29) is 0 Å². The molecule has 0 aliphatic heterocycles. The van der Waals surface area contributed by atoms with E-state index in [4.69, 9.17) is 20.4 Å². The molecule has 0 aromatic heterocycles. The highest BCUT2D eigenvalue weighted by atomic mass is 16.1. The van der Waals surface area contributed by atoms with Gasteiger partial charge in [0.25, 0.3) is 0 Å². The zero-order valence-corrected chi connectivity index (χ0v) is 11.1. The van der Waals surface area contributed by atoms with Crippen LogP contribution in [0, 0.1) is 22.2 Å². The van der Waals surface area contributed by atoms with Crippen molar-refractivity contribution in [3.8, 4) is 0 Å². The second-order valence-corrected chi connectivity index (χ2v) is 4.56. The predicted octanol–water partition coefficient (Wildman–Crippen LogP) is 3.80. The molecular weight excluding hydrogens is 216 g/mol. The summed E-state index contributed by atoms with van der Waals surface area (Å²) in [5.74, 6) is 1.02. The van der Waals surface area contributed by atoms with Crippen molar-refractivity contribution >= 4 is 12.2 Å². The van der Waals surface area contributed by atoms with Gasteiger partial charge in [-0.3, -0.25) is 0 Å². The summed E-state index contributed by atoms with van der Waals surface area (Å²) in [4.78, 5) is 16.7. The topological polar surface area (TPSA) is 81.8 Å². The molecule has 0 bridgehead atoms. The van der Waals surface area contributed by atoms with Crippen molar-refractivity contribution in [3.05, 3.63) is 0 Å². The third-order valence-electron chi connectivity index (χ3n) is 3.84. The molecule has 0 amide bonds. The minimum atomic E-state index is 0.688. The van der Waals surface area contributed by atoms with E-state index in [2.05, 4.69) is 20.8 Å². The SMILES string of the molecule is CCC1CCCCC1(C)CC.N=C=O.N=C=O. The van der Waals surface area contributed by atoms with Crippen molar-refractivity contribution in [1.29, 1.82) is 10.8 Å². The van der Waals surface area contributed by atoms with Crippen LogP contribution in [0.25, 0.3) is 0 Å². The van der Waals surface area contributed by atoms with E-state index in [0.29, 0.717) is 5.41 Å². The van der Waals surface area contributed by atoms with Crippen molar-refractivity contribution in [2.24, 2.45) is 11.3 Å². The third kappa shape index (κ3) is 7.62. The van der Waals surface area contributed by atoms with Crippen LogP contribution in [-0.2, 0) is 9.59 Å². The molecule has 0 saturated heterocycles. The highest BCUT2D eigenvalue weighted by molar-refractivity contribution is 5.26. The minimum Gasteiger partial charge on any atom is -0.222 e. The van der Waals surface area contributed by atoms with Gasteiger partial charge < -0.3 is 0 Å². The summed E-state index contributed by atoms with van der Waals surface area (Å²) in [5.41, 5.74) is 0.688. The molecule has 98 valence electrons. The van der Waals surface area contributed by atoms with Crippen LogP contribution in [0.2, 0.25) is 0 Å². The number of hydrogen-bond donors (Lipinski definition) is 2. The summed E-state index contributed by atoms with van der Waals surface area (Å²) in [6.07, 6.45) is 10.2. The fourth-order valence-electron chi connectivity index (χ4n) is 2.63. The second-order valence-electron chi connectivity index (χ2n) is 4.56. The molecule has 0 spiro atoms. The van der Waals surface area contributed by atoms with Crippen molar-refractivity contribution in [3.63, 3.8) is 0 Å². The molecule has 0 radical (unpaired) electrons. The first-order valence-corrected chi connectivity index (χ1v) is 6.13. The smallest absolute Gasteiger partial charge is 0.222 e. The number of hydrogen-bond acceptors (Lipinski definition) is 4. The van der Waals surface area contributed by atoms with E-state index in [0.717, 1.165) is 18.1 Å². The van der Waals surface area contributed by atoms with Gasteiger partial charge in [-0.2, -0.15) is 0 Å². The van der Waals surface area contributed by atoms with Crippen LogP contribution in [0.1, 0.15) is 59.3 Å². The Morgan fingerprint density at radius 3 is 1.94 bits per heavy atom. The van der Waals surface area contributed by atoms with Gasteiger partial charge in [-0.25, -0.2) is 20.4 Å². The summed E-state index contributed by atoms with van der Waals surface area (Å²) < 4.78 is 0. The van der Waals surface area contributed by atoms with Crippen molar-refractivity contribution in [2.75, 3.05) is 0 Å². The quantitative estimate of drug-likeness (QED) is 0.568. The number of isocyanates is 2. The van der Waals surface area contributed by atoms with Gasteiger partial charge >= 0.3 is 0 Å². The molecule has 2 N–H and O–H groups in total. The first kappa shape index (κ1) is 18.1. The first-order chi connectivity index (χ1) is 8.05. The summed E-state index contributed by atoms with van der Waals surface area (Å²) in [7, 11) is 0. The maximum atomic E-state index is 8.35. The summed E-state index contributed by atoms with van der Waals surface area (Å²) in [5, 5.41) is 10.8. The largest absolute Gasteiger partial charge is 0.231 e. The molecule has 4 nitrogen and oxygen atoms in total. The number of nitrogens with one attached hydrogen (secondary N) is 2. The molecule has 1 aliphatic rings. The van der Waals surface area contributed by atoms with Gasteiger partial charge in [0, 0.05) is 0 Å². The Balaban J connectivity index is 0. The van der Waals surface area contributed by atoms with Crippen molar-refractivity contribution < 1.29 is 9.59 Å². The Bertz CT molecular complexity index is 242. The van der Waals surface area contributed by atoms with Gasteiger partial charge in [0.15, 0.2) is 0 Å². The molecule has 1 aliphatic carbocycles. The zero-order valence-electron chi connectivity index (χ0n) is 11.1. The molecule has 1 fully saturated rings. The fourth-order valence-corrected chi connectivity index (χ4v) is 2.63. The lowest BCUT2D eigenvalue weighted by molar-refractivity contribution is 0.106. The van der Waals surface area contributed by atoms with E-state index in [9.17, 15) is 0 Å². The summed E-state index contributed by atoms with van der Waals surface area (Å²) in [6, 6.07) is 0. The third-order valence-corrected chi connectivity index (χ3v) is 3.84. The first-order valence-electron chi connectivity index (χ1n) is 6.13. The molecule has 0 aromatic rings. The number of rotatable bonds is 2. The van der Waals surface area contributed by atoms with Crippen LogP contribution in [0.3, 0.4) is 0 Å². The Labute approximate surface area is 104 Å². The van der Waals surface area contributed by atoms with Crippen LogP contribution in [0.15, 0.2) is 0 Å². The lowest BCUT2D eigenvalue weighted by Gasteiger charge is -2.40. The second kappa shape index (κ2) is 11.3. The number of carbonyl (C=O) groups excluding carboxylic acids is 2. The molecule has 4 heteroatoms.